The van der Waals surface area contributed by atoms with E-state index in [1.165, 1.54) is 4.90 Å². The fourth-order valence-electron chi connectivity index (χ4n) is 2.41. The lowest BCUT2D eigenvalue weighted by atomic mass is 10.2. The van der Waals surface area contributed by atoms with E-state index >= 15 is 0 Å². The molecular weight excluding hydrogens is 270 g/mol. The highest BCUT2D eigenvalue weighted by Gasteiger charge is 2.36. The Morgan fingerprint density at radius 3 is 2.81 bits per heavy atom. The molecule has 1 aliphatic rings. The molecule has 1 fully saturated rings. The van der Waals surface area contributed by atoms with Crippen molar-refractivity contribution in [3.63, 3.8) is 0 Å². The van der Waals surface area contributed by atoms with E-state index in [2.05, 4.69) is 5.32 Å². The summed E-state index contributed by atoms with van der Waals surface area (Å²) in [6.07, 6.45) is 0.641. The first-order valence-corrected chi connectivity index (χ1v) is 7.01. The predicted molar refractivity (Wildman–Crippen MR) is 80.2 cm³/mol. The molecule has 0 radical (unpaired) electrons. The number of methoxy groups -OCH3 is 1. The van der Waals surface area contributed by atoms with E-state index in [0.29, 0.717) is 26.1 Å². The fourth-order valence-corrected chi connectivity index (χ4v) is 2.41. The second-order valence-electron chi connectivity index (χ2n) is 4.97. The third kappa shape index (κ3) is 3.52. The summed E-state index contributed by atoms with van der Waals surface area (Å²) in [5.41, 5.74) is 0.873. The molecule has 1 aromatic carbocycles. The maximum atomic E-state index is 12.5. The second kappa shape index (κ2) is 7.08. The van der Waals surface area contributed by atoms with Crippen molar-refractivity contribution in [3.8, 4) is 0 Å². The number of hydrogen-bond acceptors (Lipinski definition) is 3. The summed E-state index contributed by atoms with van der Waals surface area (Å²) in [6, 6.07) is 8.86. The number of ether oxygens (including phenoxy) is 1. The van der Waals surface area contributed by atoms with Crippen molar-refractivity contribution >= 4 is 17.6 Å². The van der Waals surface area contributed by atoms with Crippen molar-refractivity contribution in [3.05, 3.63) is 30.3 Å². The Kier molecular flexibility index (Phi) is 5.16. The summed E-state index contributed by atoms with van der Waals surface area (Å²) in [5.74, 6) is -0.0365. The number of nitrogens with one attached hydrogen (secondary N) is 1. The molecule has 1 atom stereocenters. The number of nitrogens with zero attached hydrogens (tertiary/aromatic N) is 2. The highest BCUT2D eigenvalue weighted by molar-refractivity contribution is 6.01. The molecule has 3 amide bonds. The topological polar surface area (TPSA) is 61.9 Å². The molecule has 1 N–H and O–H groups in total. The van der Waals surface area contributed by atoms with Crippen LogP contribution < -0.4 is 10.2 Å². The summed E-state index contributed by atoms with van der Waals surface area (Å²) in [6.45, 7) is 1.51. The van der Waals surface area contributed by atoms with Crippen LogP contribution in [0.4, 0.5) is 10.5 Å². The molecule has 0 aromatic heterocycles. The minimum absolute atomic E-state index is 0.0365. The Morgan fingerprint density at radius 1 is 1.43 bits per heavy atom. The van der Waals surface area contributed by atoms with Crippen LogP contribution in [0.25, 0.3) is 0 Å². The number of urea groups is 1. The molecule has 1 aliphatic heterocycles. The molecule has 1 unspecified atom stereocenters. The first-order valence-electron chi connectivity index (χ1n) is 7.01. The molecule has 1 saturated heterocycles. The van der Waals surface area contributed by atoms with E-state index in [-0.39, 0.29) is 11.9 Å². The first kappa shape index (κ1) is 15.3. The van der Waals surface area contributed by atoms with Crippen LogP contribution in [0.3, 0.4) is 0 Å². The summed E-state index contributed by atoms with van der Waals surface area (Å²) in [5, 5.41) is 2.73. The van der Waals surface area contributed by atoms with Crippen molar-refractivity contribution in [2.45, 2.75) is 12.5 Å². The van der Waals surface area contributed by atoms with Gasteiger partial charge in [-0.15, -0.1) is 0 Å². The summed E-state index contributed by atoms with van der Waals surface area (Å²) >= 11 is 0. The van der Waals surface area contributed by atoms with E-state index in [1.807, 2.05) is 30.3 Å². The summed E-state index contributed by atoms with van der Waals surface area (Å²) in [4.78, 5) is 27.6. The number of benzene rings is 1. The van der Waals surface area contributed by atoms with E-state index in [4.69, 9.17) is 4.74 Å². The molecule has 6 heteroatoms. The third-order valence-corrected chi connectivity index (χ3v) is 3.62. The maximum absolute atomic E-state index is 12.5. The molecule has 1 heterocycles. The number of amides is 3. The van der Waals surface area contributed by atoms with Gasteiger partial charge in [-0.05, 0) is 18.6 Å². The smallest absolute Gasteiger partial charge is 0.317 e. The van der Waals surface area contributed by atoms with Gasteiger partial charge in [-0.1, -0.05) is 18.2 Å². The molecule has 0 bridgehead atoms. The summed E-state index contributed by atoms with van der Waals surface area (Å²) in [7, 11) is 3.23. The van der Waals surface area contributed by atoms with Crippen molar-refractivity contribution in [2.75, 3.05) is 38.8 Å². The van der Waals surface area contributed by atoms with Gasteiger partial charge in [0, 0.05) is 32.9 Å². The number of para-hydroxylation sites is 1. The van der Waals surface area contributed by atoms with Gasteiger partial charge in [0.1, 0.15) is 6.04 Å². The molecule has 0 aliphatic carbocycles. The molecule has 21 heavy (non-hydrogen) atoms. The first-order chi connectivity index (χ1) is 10.1. The number of hydrogen-bond donors (Lipinski definition) is 1. The van der Waals surface area contributed by atoms with Crippen molar-refractivity contribution in [1.29, 1.82) is 0 Å². The molecular formula is C15H21N3O3. The van der Waals surface area contributed by atoms with Gasteiger partial charge >= 0.3 is 6.03 Å². The van der Waals surface area contributed by atoms with Gasteiger partial charge < -0.3 is 19.9 Å². The molecule has 0 saturated carbocycles. The number of carbonyl (C=O) groups excluding carboxylic acids is 2. The van der Waals surface area contributed by atoms with Crippen LogP contribution in [0, 0.1) is 0 Å². The molecule has 2 rings (SSSR count). The van der Waals surface area contributed by atoms with Crippen LogP contribution >= 0.6 is 0 Å². The lowest BCUT2D eigenvalue weighted by Crippen LogP contribution is -2.47. The Bertz CT molecular complexity index is 492. The fraction of sp³-hybridized carbons (Fsp3) is 0.467. The van der Waals surface area contributed by atoms with Crippen LogP contribution in [0.2, 0.25) is 0 Å². The Hall–Kier alpha value is -2.08. The minimum Gasteiger partial charge on any atom is -0.383 e. The zero-order valence-corrected chi connectivity index (χ0v) is 12.4. The van der Waals surface area contributed by atoms with Crippen molar-refractivity contribution in [1.82, 2.24) is 10.2 Å². The van der Waals surface area contributed by atoms with E-state index in [1.54, 1.807) is 19.1 Å². The standard InChI is InChI=1S/C15H21N3O3/c1-17(15(20)16-9-11-21-2)13-8-10-18(14(13)19)12-6-4-3-5-7-12/h3-7,13H,8-11H2,1-2H3,(H,16,20). The van der Waals surface area contributed by atoms with Crippen LogP contribution in [0.1, 0.15) is 6.42 Å². The van der Waals surface area contributed by atoms with Crippen molar-refractivity contribution < 1.29 is 14.3 Å². The number of anilines is 1. The average molecular weight is 291 g/mol. The van der Waals surface area contributed by atoms with Gasteiger partial charge in [0.25, 0.3) is 0 Å². The second-order valence-corrected chi connectivity index (χ2v) is 4.97. The molecule has 0 spiro atoms. The lowest BCUT2D eigenvalue weighted by Gasteiger charge is -2.24. The quantitative estimate of drug-likeness (QED) is 0.826. The Balaban J connectivity index is 1.96. The molecule has 114 valence electrons. The van der Waals surface area contributed by atoms with Gasteiger partial charge in [0.15, 0.2) is 0 Å². The third-order valence-electron chi connectivity index (χ3n) is 3.62. The van der Waals surface area contributed by atoms with Gasteiger partial charge in [0.05, 0.1) is 6.61 Å². The zero-order chi connectivity index (χ0) is 15.2. The maximum Gasteiger partial charge on any atom is 0.317 e. The predicted octanol–water partition coefficient (Wildman–Crippen LogP) is 1.08. The van der Waals surface area contributed by atoms with Gasteiger partial charge in [-0.2, -0.15) is 0 Å². The van der Waals surface area contributed by atoms with E-state index in [0.717, 1.165) is 5.69 Å². The Morgan fingerprint density at radius 2 is 2.14 bits per heavy atom. The van der Waals surface area contributed by atoms with Crippen LogP contribution in [-0.2, 0) is 9.53 Å². The van der Waals surface area contributed by atoms with E-state index in [9.17, 15) is 9.59 Å². The van der Waals surface area contributed by atoms with Crippen molar-refractivity contribution in [2.24, 2.45) is 0 Å². The van der Waals surface area contributed by atoms with Gasteiger partial charge in [-0.25, -0.2) is 4.79 Å². The SMILES string of the molecule is COCCNC(=O)N(C)C1CCN(c2ccccc2)C1=O. The molecule has 6 nitrogen and oxygen atoms in total. The number of carbonyl (C=O) groups is 2. The largest absolute Gasteiger partial charge is 0.383 e. The molecule has 1 aromatic rings. The number of likely N-dealkylation sites (N-methyl/N-ethyl adjacent to an activating group) is 1. The highest BCUT2D eigenvalue weighted by atomic mass is 16.5. The van der Waals surface area contributed by atoms with Crippen LogP contribution in [0.5, 0.6) is 0 Å². The van der Waals surface area contributed by atoms with Gasteiger partial charge in [-0.3, -0.25) is 4.79 Å². The van der Waals surface area contributed by atoms with Crippen LogP contribution in [0.15, 0.2) is 30.3 Å². The van der Waals surface area contributed by atoms with Crippen LogP contribution in [-0.4, -0.2) is 56.7 Å². The minimum atomic E-state index is -0.409. The Labute approximate surface area is 124 Å². The lowest BCUT2D eigenvalue weighted by molar-refractivity contribution is -0.120. The van der Waals surface area contributed by atoms with Gasteiger partial charge in [0.2, 0.25) is 5.91 Å². The average Bonchev–Trinajstić information content (AvgIpc) is 2.89. The normalized spacial score (nSPS) is 17.9. The highest BCUT2D eigenvalue weighted by Crippen LogP contribution is 2.23. The summed E-state index contributed by atoms with van der Waals surface area (Å²) < 4.78 is 4.89. The monoisotopic (exact) mass is 291 g/mol. The zero-order valence-electron chi connectivity index (χ0n) is 12.4. The van der Waals surface area contributed by atoms with E-state index < -0.39 is 6.04 Å². The number of rotatable bonds is 5.